The molecule has 0 amide bonds. The molecule has 0 saturated carbocycles. The fourth-order valence-corrected chi connectivity index (χ4v) is 9.18. The normalized spacial score (nSPS) is 12.7. The lowest BCUT2D eigenvalue weighted by atomic mass is 10.0. The predicted molar refractivity (Wildman–Crippen MR) is 334 cm³/mol. The van der Waals surface area contributed by atoms with Gasteiger partial charge in [-0.2, -0.15) is 0 Å². The van der Waals surface area contributed by atoms with Crippen LogP contribution in [0.3, 0.4) is 0 Å². The molecular weight excluding hydrogens is 949 g/mol. The summed E-state index contributed by atoms with van der Waals surface area (Å²) in [6, 6.07) is 0. The van der Waals surface area contributed by atoms with Crippen molar-refractivity contribution in [2.24, 2.45) is 0 Å². The van der Waals surface area contributed by atoms with Crippen molar-refractivity contribution >= 4 is 17.9 Å². The molecule has 0 aromatic carbocycles. The first-order valence-electron chi connectivity index (χ1n) is 32.7. The Morgan fingerprint density at radius 1 is 0.273 bits per heavy atom. The Morgan fingerprint density at radius 3 is 0.805 bits per heavy atom. The lowest BCUT2D eigenvalue weighted by Crippen LogP contribution is -2.30. The van der Waals surface area contributed by atoms with Crippen molar-refractivity contribution < 1.29 is 28.6 Å². The van der Waals surface area contributed by atoms with Gasteiger partial charge in [-0.25, -0.2) is 0 Å². The van der Waals surface area contributed by atoms with Gasteiger partial charge in [-0.3, -0.25) is 14.4 Å². The zero-order chi connectivity index (χ0) is 55.7. The molecule has 0 saturated heterocycles. The number of ether oxygens (including phenoxy) is 3. The number of hydrogen-bond donors (Lipinski definition) is 0. The Morgan fingerprint density at radius 2 is 0.506 bits per heavy atom. The second kappa shape index (κ2) is 64.9. The van der Waals surface area contributed by atoms with E-state index < -0.39 is 6.10 Å². The van der Waals surface area contributed by atoms with Gasteiger partial charge in [-0.15, -0.1) is 0 Å². The summed E-state index contributed by atoms with van der Waals surface area (Å²) in [7, 11) is 0. The fourth-order valence-electron chi connectivity index (χ4n) is 9.18. The van der Waals surface area contributed by atoms with E-state index in [4.69, 9.17) is 14.2 Å². The molecule has 1 unspecified atom stereocenters. The topological polar surface area (TPSA) is 78.9 Å². The molecular formula is C71H122O6. The number of carbonyl (C=O) groups excluding carboxylic acids is 3. The van der Waals surface area contributed by atoms with E-state index in [1.165, 1.54) is 141 Å². The molecule has 0 aliphatic heterocycles. The summed E-state index contributed by atoms with van der Waals surface area (Å²) in [5.74, 6) is -0.915. The molecule has 0 heterocycles. The van der Waals surface area contributed by atoms with Crippen molar-refractivity contribution in [2.75, 3.05) is 13.2 Å². The van der Waals surface area contributed by atoms with E-state index >= 15 is 0 Å². The molecule has 0 aliphatic carbocycles. The van der Waals surface area contributed by atoms with E-state index in [1.54, 1.807) is 0 Å². The van der Waals surface area contributed by atoms with Crippen molar-refractivity contribution in [1.29, 1.82) is 0 Å². The molecule has 0 N–H and O–H groups in total. The first kappa shape index (κ1) is 73.3. The van der Waals surface area contributed by atoms with Crippen LogP contribution in [-0.2, 0) is 28.6 Å². The summed E-state index contributed by atoms with van der Waals surface area (Å²) < 4.78 is 16.9. The van der Waals surface area contributed by atoms with E-state index in [2.05, 4.69) is 118 Å². The molecule has 0 aromatic heterocycles. The summed E-state index contributed by atoms with van der Waals surface area (Å²) in [5, 5.41) is 0. The van der Waals surface area contributed by atoms with Crippen LogP contribution in [0.5, 0.6) is 0 Å². The van der Waals surface area contributed by atoms with Crippen molar-refractivity contribution in [3.8, 4) is 0 Å². The second-order valence-electron chi connectivity index (χ2n) is 21.6. The Balaban J connectivity index is 4.43. The van der Waals surface area contributed by atoms with Gasteiger partial charge in [0.25, 0.3) is 0 Å². The third kappa shape index (κ3) is 63.0. The minimum Gasteiger partial charge on any atom is -0.462 e. The van der Waals surface area contributed by atoms with Gasteiger partial charge in [0.05, 0.1) is 0 Å². The number of carbonyl (C=O) groups is 3. The molecule has 0 aliphatic rings. The van der Waals surface area contributed by atoms with Gasteiger partial charge in [-0.05, 0) is 103 Å². The van der Waals surface area contributed by atoms with E-state index in [9.17, 15) is 14.4 Å². The monoisotopic (exact) mass is 1070 g/mol. The van der Waals surface area contributed by atoms with Crippen molar-refractivity contribution in [3.05, 3.63) is 97.2 Å². The standard InChI is InChI=1S/C71H122O6/c1-4-7-10-13-16-19-22-25-28-31-33-35-36-37-39-40-43-46-49-52-55-58-61-64-70(73)76-67-68(66-75-69(72)63-60-57-54-51-48-45-42-30-27-24-21-18-15-12-9-6-3)77-71(74)65-62-59-56-53-50-47-44-41-38-34-32-29-26-23-20-17-14-11-8-5-2/h7,10,16,19,21,24-25,28,30,33,35,37,39,42-43,46,68H,4-6,8-9,11-15,17-18,20,22-23,26-27,29,31-32,34,36,38,40-41,44-45,47-67H2,1-3H3/b10-7-,19-16-,24-21-,28-25-,35-33-,39-37-,42-30-,46-43-. The summed E-state index contributed by atoms with van der Waals surface area (Å²) in [6.07, 6.45) is 86.9. The molecule has 0 spiro atoms. The molecule has 442 valence electrons. The number of esters is 3. The van der Waals surface area contributed by atoms with Gasteiger partial charge in [0.15, 0.2) is 6.10 Å². The molecule has 0 radical (unpaired) electrons. The second-order valence-corrected chi connectivity index (χ2v) is 21.6. The van der Waals surface area contributed by atoms with E-state index in [0.717, 1.165) is 135 Å². The maximum absolute atomic E-state index is 12.9. The Kier molecular flexibility index (Phi) is 61.8. The van der Waals surface area contributed by atoms with Crippen LogP contribution in [0.4, 0.5) is 0 Å². The highest BCUT2D eigenvalue weighted by molar-refractivity contribution is 5.71. The predicted octanol–water partition coefficient (Wildman–Crippen LogP) is 22.4. The van der Waals surface area contributed by atoms with Crippen LogP contribution in [-0.4, -0.2) is 37.2 Å². The van der Waals surface area contributed by atoms with Crippen LogP contribution in [0.1, 0.15) is 316 Å². The molecule has 6 nitrogen and oxygen atoms in total. The third-order valence-corrected chi connectivity index (χ3v) is 14.1. The van der Waals surface area contributed by atoms with Gasteiger partial charge >= 0.3 is 17.9 Å². The van der Waals surface area contributed by atoms with Gasteiger partial charge in [0.1, 0.15) is 13.2 Å². The average molecular weight is 1070 g/mol. The van der Waals surface area contributed by atoms with Crippen LogP contribution in [0, 0.1) is 0 Å². The maximum Gasteiger partial charge on any atom is 0.306 e. The van der Waals surface area contributed by atoms with E-state index in [1.807, 2.05) is 0 Å². The van der Waals surface area contributed by atoms with Crippen LogP contribution < -0.4 is 0 Å². The van der Waals surface area contributed by atoms with Crippen molar-refractivity contribution in [2.45, 2.75) is 322 Å². The van der Waals surface area contributed by atoms with Gasteiger partial charge in [0, 0.05) is 19.3 Å². The Labute approximate surface area is 477 Å². The number of rotatable bonds is 59. The van der Waals surface area contributed by atoms with E-state index in [-0.39, 0.29) is 31.1 Å². The van der Waals surface area contributed by atoms with Gasteiger partial charge in [0.2, 0.25) is 0 Å². The van der Waals surface area contributed by atoms with Crippen LogP contribution >= 0.6 is 0 Å². The summed E-state index contributed by atoms with van der Waals surface area (Å²) in [5.41, 5.74) is 0. The Bertz CT molecular complexity index is 1510. The molecule has 0 aromatic rings. The summed E-state index contributed by atoms with van der Waals surface area (Å²) in [4.78, 5) is 38.4. The lowest BCUT2D eigenvalue weighted by molar-refractivity contribution is -0.167. The van der Waals surface area contributed by atoms with Gasteiger partial charge in [-0.1, -0.05) is 291 Å². The van der Waals surface area contributed by atoms with Crippen LogP contribution in [0.15, 0.2) is 97.2 Å². The average Bonchev–Trinajstić information content (AvgIpc) is 3.43. The third-order valence-electron chi connectivity index (χ3n) is 14.1. The molecule has 6 heteroatoms. The highest BCUT2D eigenvalue weighted by atomic mass is 16.6. The van der Waals surface area contributed by atoms with Gasteiger partial charge < -0.3 is 14.2 Å². The largest absolute Gasteiger partial charge is 0.462 e. The quantitative estimate of drug-likeness (QED) is 0.0261. The van der Waals surface area contributed by atoms with Crippen molar-refractivity contribution in [1.82, 2.24) is 0 Å². The number of allylic oxidation sites excluding steroid dienone is 16. The molecule has 0 rings (SSSR count). The maximum atomic E-state index is 12.9. The number of hydrogen-bond acceptors (Lipinski definition) is 6. The Hall–Kier alpha value is -3.67. The van der Waals surface area contributed by atoms with Crippen LogP contribution in [0.2, 0.25) is 0 Å². The molecule has 1 atom stereocenters. The molecule has 0 bridgehead atoms. The lowest BCUT2D eigenvalue weighted by Gasteiger charge is -2.18. The zero-order valence-corrected chi connectivity index (χ0v) is 50.7. The first-order valence-corrected chi connectivity index (χ1v) is 32.7. The fraction of sp³-hybridized carbons (Fsp3) is 0.732. The highest BCUT2D eigenvalue weighted by Gasteiger charge is 2.19. The van der Waals surface area contributed by atoms with Crippen LogP contribution in [0.25, 0.3) is 0 Å². The smallest absolute Gasteiger partial charge is 0.306 e. The summed E-state index contributed by atoms with van der Waals surface area (Å²) >= 11 is 0. The first-order chi connectivity index (χ1) is 38.0. The minimum absolute atomic E-state index is 0.0912. The zero-order valence-electron chi connectivity index (χ0n) is 50.7. The summed E-state index contributed by atoms with van der Waals surface area (Å²) in [6.45, 7) is 6.51. The molecule has 77 heavy (non-hydrogen) atoms. The van der Waals surface area contributed by atoms with E-state index in [0.29, 0.717) is 19.3 Å². The number of unbranched alkanes of at least 4 members (excludes halogenated alkanes) is 32. The SMILES string of the molecule is CC/C=C\C/C=C\C/C=C\C/C=C\C/C=C\C/C=C\CCCCCCC(=O)OCC(COC(=O)CCCCCCC/C=C\C/C=C\CCCCCC)OC(=O)CCCCCCCCCCCCCCCCCCCCCC. The highest BCUT2D eigenvalue weighted by Crippen LogP contribution is 2.17. The molecule has 0 fully saturated rings. The minimum atomic E-state index is -0.795. The van der Waals surface area contributed by atoms with Crippen molar-refractivity contribution in [3.63, 3.8) is 0 Å².